The summed E-state index contributed by atoms with van der Waals surface area (Å²) >= 11 is 0. The van der Waals surface area contributed by atoms with Gasteiger partial charge in [-0.15, -0.1) is 0 Å². The fourth-order valence-electron chi connectivity index (χ4n) is 2.43. The van der Waals surface area contributed by atoms with Gasteiger partial charge in [-0.1, -0.05) is 32.0 Å². The number of carbonyl (C=O) groups is 1. The number of hydrogen-bond acceptors (Lipinski definition) is 3. The number of aliphatic hydroxyl groups excluding tert-OH is 1. The van der Waals surface area contributed by atoms with Crippen LogP contribution < -0.4 is 10.1 Å². The minimum Gasteiger partial charge on any atom is -0.492 e. The third-order valence-corrected chi connectivity index (χ3v) is 3.34. The van der Waals surface area contributed by atoms with E-state index in [1.165, 1.54) is 0 Å². The Hall–Kier alpha value is -1.55. The molecule has 104 valence electrons. The molecule has 1 aromatic carbocycles. The van der Waals surface area contributed by atoms with Crippen molar-refractivity contribution in [3.05, 3.63) is 29.8 Å². The summed E-state index contributed by atoms with van der Waals surface area (Å²) in [6, 6.07) is 7.42. The van der Waals surface area contributed by atoms with Crippen molar-refractivity contribution in [1.29, 1.82) is 0 Å². The molecule has 1 aromatic rings. The van der Waals surface area contributed by atoms with Crippen LogP contribution in [0.25, 0.3) is 0 Å². The smallest absolute Gasteiger partial charge is 0.231 e. The van der Waals surface area contributed by atoms with Gasteiger partial charge in [-0.3, -0.25) is 4.79 Å². The highest BCUT2D eigenvalue weighted by molar-refractivity contribution is 5.85. The average molecular weight is 263 g/mol. The number of ether oxygens (including phenoxy) is 1. The molecule has 2 rings (SSSR count). The number of fused-ring (bicyclic) bond motifs is 1. The van der Waals surface area contributed by atoms with Crippen LogP contribution in [0, 0.1) is 5.92 Å². The van der Waals surface area contributed by atoms with Crippen LogP contribution in [0.4, 0.5) is 0 Å². The molecule has 1 heterocycles. The standard InChI is InChI=1S/C15H21NO3/c1-10(2)7-11(8-17)16-15(18)13-9-19-14-6-4-3-5-12(13)14/h3-6,10-11,13,17H,7-9H2,1-2H3,(H,16,18). The van der Waals surface area contributed by atoms with E-state index in [-0.39, 0.29) is 24.5 Å². The Kier molecular flexibility index (Phi) is 4.43. The molecular formula is C15H21NO3. The van der Waals surface area contributed by atoms with Crippen LogP contribution >= 0.6 is 0 Å². The van der Waals surface area contributed by atoms with E-state index >= 15 is 0 Å². The van der Waals surface area contributed by atoms with E-state index in [4.69, 9.17) is 4.74 Å². The van der Waals surface area contributed by atoms with Crippen molar-refractivity contribution in [1.82, 2.24) is 5.32 Å². The van der Waals surface area contributed by atoms with Crippen LogP contribution in [0.5, 0.6) is 5.75 Å². The highest BCUT2D eigenvalue weighted by atomic mass is 16.5. The zero-order chi connectivity index (χ0) is 13.8. The van der Waals surface area contributed by atoms with Gasteiger partial charge in [-0.25, -0.2) is 0 Å². The second-order valence-corrected chi connectivity index (χ2v) is 5.42. The van der Waals surface area contributed by atoms with E-state index in [1.54, 1.807) is 0 Å². The Morgan fingerprint density at radius 1 is 1.47 bits per heavy atom. The first-order valence-corrected chi connectivity index (χ1v) is 6.74. The van der Waals surface area contributed by atoms with E-state index in [0.717, 1.165) is 17.7 Å². The van der Waals surface area contributed by atoms with Crippen LogP contribution in [0.15, 0.2) is 24.3 Å². The van der Waals surface area contributed by atoms with Gasteiger partial charge >= 0.3 is 0 Å². The van der Waals surface area contributed by atoms with Crippen LogP contribution in [0.2, 0.25) is 0 Å². The van der Waals surface area contributed by atoms with Gasteiger partial charge in [0.05, 0.1) is 12.6 Å². The first-order valence-electron chi connectivity index (χ1n) is 6.74. The van der Waals surface area contributed by atoms with Gasteiger partial charge in [0.15, 0.2) is 0 Å². The summed E-state index contributed by atoms with van der Waals surface area (Å²) in [5, 5.41) is 12.2. The average Bonchev–Trinajstić information content (AvgIpc) is 2.81. The Bertz CT molecular complexity index is 445. The minimum absolute atomic E-state index is 0.0286. The van der Waals surface area contributed by atoms with Gasteiger partial charge in [0.1, 0.15) is 18.3 Å². The van der Waals surface area contributed by atoms with Crippen molar-refractivity contribution in [2.45, 2.75) is 32.2 Å². The molecule has 0 fully saturated rings. The van der Waals surface area contributed by atoms with Crippen LogP contribution in [0.1, 0.15) is 31.7 Å². The molecular weight excluding hydrogens is 242 g/mol. The number of nitrogens with one attached hydrogen (secondary N) is 1. The Balaban J connectivity index is 2.01. The monoisotopic (exact) mass is 263 g/mol. The Morgan fingerprint density at radius 3 is 2.89 bits per heavy atom. The fourth-order valence-corrected chi connectivity index (χ4v) is 2.43. The molecule has 0 saturated carbocycles. The van der Waals surface area contributed by atoms with Gasteiger partial charge in [-0.05, 0) is 18.4 Å². The molecule has 1 aliphatic heterocycles. The summed E-state index contributed by atoms with van der Waals surface area (Å²) in [7, 11) is 0. The number of para-hydroxylation sites is 1. The predicted octanol–water partition coefficient (Wildman–Crippen LogP) is 1.69. The molecule has 4 heteroatoms. The molecule has 0 saturated heterocycles. The molecule has 4 nitrogen and oxygen atoms in total. The Labute approximate surface area is 113 Å². The second kappa shape index (κ2) is 6.06. The van der Waals surface area contributed by atoms with E-state index in [0.29, 0.717) is 12.5 Å². The molecule has 2 unspecified atom stereocenters. The summed E-state index contributed by atoms with van der Waals surface area (Å²) < 4.78 is 5.51. The summed E-state index contributed by atoms with van der Waals surface area (Å²) in [6.45, 7) is 4.50. The maximum absolute atomic E-state index is 12.3. The van der Waals surface area contributed by atoms with Crippen molar-refractivity contribution in [2.24, 2.45) is 5.92 Å². The largest absolute Gasteiger partial charge is 0.492 e. The first-order chi connectivity index (χ1) is 9.11. The Morgan fingerprint density at radius 2 is 2.21 bits per heavy atom. The molecule has 2 N–H and O–H groups in total. The summed E-state index contributed by atoms with van der Waals surface area (Å²) in [6.07, 6.45) is 0.775. The minimum atomic E-state index is -0.266. The molecule has 2 atom stereocenters. The van der Waals surface area contributed by atoms with Gasteiger partial charge < -0.3 is 15.2 Å². The van der Waals surface area contributed by atoms with Gasteiger partial charge in [0, 0.05) is 5.56 Å². The molecule has 0 aromatic heterocycles. The van der Waals surface area contributed by atoms with Crippen LogP contribution in [-0.4, -0.2) is 30.3 Å². The fraction of sp³-hybridized carbons (Fsp3) is 0.533. The van der Waals surface area contributed by atoms with Gasteiger partial charge in [0.25, 0.3) is 0 Å². The highest BCUT2D eigenvalue weighted by Gasteiger charge is 2.31. The van der Waals surface area contributed by atoms with Crippen LogP contribution in [0.3, 0.4) is 0 Å². The lowest BCUT2D eigenvalue weighted by molar-refractivity contribution is -0.123. The molecule has 1 aliphatic rings. The summed E-state index contributed by atoms with van der Waals surface area (Å²) in [5.74, 6) is 0.888. The number of aliphatic hydroxyl groups is 1. The second-order valence-electron chi connectivity index (χ2n) is 5.42. The number of rotatable bonds is 5. The van der Waals surface area contributed by atoms with Gasteiger partial charge in [0.2, 0.25) is 5.91 Å². The van der Waals surface area contributed by atoms with Gasteiger partial charge in [-0.2, -0.15) is 0 Å². The first kappa shape index (κ1) is 13.9. The SMILES string of the molecule is CC(C)CC(CO)NC(=O)C1COc2ccccc21. The summed E-state index contributed by atoms with van der Waals surface area (Å²) in [4.78, 5) is 12.3. The zero-order valence-electron chi connectivity index (χ0n) is 11.4. The van der Waals surface area contributed by atoms with Crippen LogP contribution in [-0.2, 0) is 4.79 Å². The lowest BCUT2D eigenvalue weighted by atomic mass is 9.99. The maximum Gasteiger partial charge on any atom is 0.231 e. The number of amides is 1. The van der Waals surface area contributed by atoms with E-state index in [1.807, 2.05) is 24.3 Å². The highest BCUT2D eigenvalue weighted by Crippen LogP contribution is 2.33. The molecule has 0 radical (unpaired) electrons. The predicted molar refractivity (Wildman–Crippen MR) is 73.1 cm³/mol. The molecule has 0 spiro atoms. The van der Waals surface area contributed by atoms with Crippen molar-refractivity contribution < 1.29 is 14.6 Å². The van der Waals surface area contributed by atoms with Crippen molar-refractivity contribution >= 4 is 5.91 Å². The lowest BCUT2D eigenvalue weighted by Gasteiger charge is -2.20. The quantitative estimate of drug-likeness (QED) is 0.850. The van der Waals surface area contributed by atoms with E-state index < -0.39 is 0 Å². The van der Waals surface area contributed by atoms with E-state index in [9.17, 15) is 9.90 Å². The maximum atomic E-state index is 12.3. The third kappa shape index (κ3) is 3.26. The molecule has 1 amide bonds. The van der Waals surface area contributed by atoms with Crippen molar-refractivity contribution in [2.75, 3.05) is 13.2 Å². The number of carbonyl (C=O) groups excluding carboxylic acids is 1. The normalized spacial score (nSPS) is 18.8. The van der Waals surface area contributed by atoms with Crippen molar-refractivity contribution in [3.63, 3.8) is 0 Å². The van der Waals surface area contributed by atoms with Crippen molar-refractivity contribution in [3.8, 4) is 5.75 Å². The lowest BCUT2D eigenvalue weighted by Crippen LogP contribution is -2.41. The molecule has 0 bridgehead atoms. The topological polar surface area (TPSA) is 58.6 Å². The zero-order valence-corrected chi connectivity index (χ0v) is 11.4. The number of benzene rings is 1. The summed E-state index contributed by atoms with van der Waals surface area (Å²) in [5.41, 5.74) is 0.932. The molecule has 0 aliphatic carbocycles. The van der Waals surface area contributed by atoms with E-state index in [2.05, 4.69) is 19.2 Å². The third-order valence-electron chi connectivity index (χ3n) is 3.34. The number of hydrogen-bond donors (Lipinski definition) is 2. The molecule has 19 heavy (non-hydrogen) atoms.